The Morgan fingerprint density at radius 3 is 2.79 bits per heavy atom. The van der Waals surface area contributed by atoms with Crippen LogP contribution in [-0.4, -0.2) is 12.5 Å². The Labute approximate surface area is 84.5 Å². The van der Waals surface area contributed by atoms with Gasteiger partial charge in [0.15, 0.2) is 5.76 Å². The molecule has 1 heterocycles. The largest absolute Gasteiger partial charge is 0.459 e. The van der Waals surface area contributed by atoms with Crippen molar-refractivity contribution in [2.45, 2.75) is 27.2 Å². The maximum Gasteiger partial charge on any atom is 0.287 e. The van der Waals surface area contributed by atoms with E-state index < -0.39 is 0 Å². The minimum absolute atomic E-state index is 0.117. The summed E-state index contributed by atoms with van der Waals surface area (Å²) in [5, 5.41) is 2.82. The minimum atomic E-state index is -0.117. The molecule has 0 fully saturated rings. The molecule has 0 unspecified atom stereocenters. The van der Waals surface area contributed by atoms with Gasteiger partial charge in [-0.25, -0.2) is 0 Å². The molecule has 1 amide bonds. The van der Waals surface area contributed by atoms with Crippen LogP contribution in [0.2, 0.25) is 0 Å². The van der Waals surface area contributed by atoms with Crippen molar-refractivity contribution >= 4 is 5.91 Å². The molecule has 1 aromatic rings. The molecule has 14 heavy (non-hydrogen) atoms. The number of amides is 1. The van der Waals surface area contributed by atoms with Crippen molar-refractivity contribution in [1.82, 2.24) is 5.32 Å². The summed E-state index contributed by atoms with van der Waals surface area (Å²) < 4.78 is 5.07. The fourth-order valence-corrected chi connectivity index (χ4v) is 1.16. The number of carbonyl (C=O) groups excluding carboxylic acids is 1. The molecule has 0 saturated heterocycles. The van der Waals surface area contributed by atoms with E-state index in [9.17, 15) is 4.79 Å². The van der Waals surface area contributed by atoms with Crippen LogP contribution in [0.4, 0.5) is 0 Å². The van der Waals surface area contributed by atoms with E-state index in [2.05, 4.69) is 19.2 Å². The zero-order valence-corrected chi connectivity index (χ0v) is 8.96. The topological polar surface area (TPSA) is 42.2 Å². The summed E-state index contributed by atoms with van der Waals surface area (Å²) in [4.78, 5) is 11.5. The lowest BCUT2D eigenvalue weighted by molar-refractivity contribution is 0.0923. The minimum Gasteiger partial charge on any atom is -0.459 e. The second kappa shape index (κ2) is 4.84. The average Bonchev–Trinajstić information content (AvgIpc) is 2.50. The van der Waals surface area contributed by atoms with Crippen molar-refractivity contribution in [3.63, 3.8) is 0 Å². The van der Waals surface area contributed by atoms with Gasteiger partial charge in [-0.15, -0.1) is 0 Å². The van der Waals surface area contributed by atoms with E-state index in [1.807, 2.05) is 6.92 Å². The molecule has 0 radical (unpaired) electrons. The first-order valence-electron chi connectivity index (χ1n) is 4.93. The predicted octanol–water partition coefficient (Wildman–Crippen LogP) is 2.36. The molecule has 78 valence electrons. The zero-order valence-electron chi connectivity index (χ0n) is 8.96. The third kappa shape index (κ3) is 2.91. The molecule has 3 heteroatoms. The number of aryl methyl sites for hydroxylation is 1. The molecule has 1 aromatic heterocycles. The normalized spacial score (nSPS) is 10.6. The fraction of sp³-hybridized carbons (Fsp3) is 0.545. The summed E-state index contributed by atoms with van der Waals surface area (Å²) in [5.74, 6) is 0.912. The molecule has 1 N–H and O–H groups in total. The average molecular weight is 195 g/mol. The standard InChI is InChI=1S/C11H17NO2/c1-8(2)4-6-12-11(13)10-9(3)5-7-14-10/h5,7-8H,4,6H2,1-3H3,(H,12,13). The van der Waals surface area contributed by atoms with Gasteiger partial charge in [-0.3, -0.25) is 4.79 Å². The Morgan fingerprint density at radius 2 is 2.29 bits per heavy atom. The van der Waals surface area contributed by atoms with Crippen molar-refractivity contribution in [3.05, 3.63) is 23.7 Å². The lowest BCUT2D eigenvalue weighted by Crippen LogP contribution is -2.25. The van der Waals surface area contributed by atoms with Gasteiger partial charge in [-0.1, -0.05) is 13.8 Å². The van der Waals surface area contributed by atoms with E-state index in [4.69, 9.17) is 4.42 Å². The number of hydrogen-bond donors (Lipinski definition) is 1. The van der Waals surface area contributed by atoms with Gasteiger partial charge < -0.3 is 9.73 Å². The van der Waals surface area contributed by atoms with Crippen LogP contribution in [-0.2, 0) is 0 Å². The van der Waals surface area contributed by atoms with Crippen LogP contribution in [0.5, 0.6) is 0 Å². The van der Waals surface area contributed by atoms with Gasteiger partial charge in [0.1, 0.15) is 0 Å². The highest BCUT2D eigenvalue weighted by atomic mass is 16.3. The van der Waals surface area contributed by atoms with Gasteiger partial charge in [0, 0.05) is 12.1 Å². The van der Waals surface area contributed by atoms with Crippen molar-refractivity contribution in [2.75, 3.05) is 6.54 Å². The molecule has 0 atom stereocenters. The molecule has 0 aliphatic rings. The van der Waals surface area contributed by atoms with Crippen molar-refractivity contribution in [3.8, 4) is 0 Å². The van der Waals surface area contributed by atoms with Crippen LogP contribution in [0.25, 0.3) is 0 Å². The molecule has 3 nitrogen and oxygen atoms in total. The molecule has 0 aliphatic heterocycles. The summed E-state index contributed by atoms with van der Waals surface area (Å²) in [6.45, 7) is 6.83. The third-order valence-electron chi connectivity index (χ3n) is 2.08. The van der Waals surface area contributed by atoms with E-state index in [1.165, 1.54) is 6.26 Å². The monoisotopic (exact) mass is 195 g/mol. The maximum atomic E-state index is 11.5. The highest BCUT2D eigenvalue weighted by Gasteiger charge is 2.11. The molecule has 0 bridgehead atoms. The van der Waals surface area contributed by atoms with Crippen LogP contribution in [0, 0.1) is 12.8 Å². The summed E-state index contributed by atoms with van der Waals surface area (Å²) in [5.41, 5.74) is 0.882. The van der Waals surface area contributed by atoms with Crippen molar-refractivity contribution in [1.29, 1.82) is 0 Å². The first kappa shape index (κ1) is 10.8. The molecule has 0 aliphatic carbocycles. The van der Waals surface area contributed by atoms with E-state index >= 15 is 0 Å². The van der Waals surface area contributed by atoms with Crippen LogP contribution >= 0.6 is 0 Å². The predicted molar refractivity (Wildman–Crippen MR) is 55.2 cm³/mol. The Kier molecular flexibility index (Phi) is 3.74. The van der Waals surface area contributed by atoms with Gasteiger partial charge in [-0.05, 0) is 25.3 Å². The van der Waals surface area contributed by atoms with E-state index in [0.717, 1.165) is 12.0 Å². The second-order valence-corrected chi connectivity index (χ2v) is 3.87. The third-order valence-corrected chi connectivity index (χ3v) is 2.08. The summed E-state index contributed by atoms with van der Waals surface area (Å²) in [7, 11) is 0. The first-order valence-corrected chi connectivity index (χ1v) is 4.93. The maximum absolute atomic E-state index is 11.5. The number of hydrogen-bond acceptors (Lipinski definition) is 2. The van der Waals surface area contributed by atoms with Gasteiger partial charge in [0.2, 0.25) is 0 Å². The van der Waals surface area contributed by atoms with E-state index in [0.29, 0.717) is 18.2 Å². The molecular formula is C11H17NO2. The smallest absolute Gasteiger partial charge is 0.287 e. The number of carbonyl (C=O) groups is 1. The van der Waals surface area contributed by atoms with Crippen molar-refractivity contribution in [2.24, 2.45) is 5.92 Å². The number of furan rings is 1. The van der Waals surface area contributed by atoms with Gasteiger partial charge >= 0.3 is 0 Å². The van der Waals surface area contributed by atoms with Crippen LogP contribution < -0.4 is 5.32 Å². The fourth-order valence-electron chi connectivity index (χ4n) is 1.16. The van der Waals surface area contributed by atoms with E-state index in [-0.39, 0.29) is 5.91 Å². The summed E-state index contributed by atoms with van der Waals surface area (Å²) in [6.07, 6.45) is 2.53. The van der Waals surface area contributed by atoms with Crippen LogP contribution in [0.1, 0.15) is 36.4 Å². The van der Waals surface area contributed by atoms with E-state index in [1.54, 1.807) is 6.07 Å². The Hall–Kier alpha value is -1.25. The number of rotatable bonds is 4. The second-order valence-electron chi connectivity index (χ2n) is 3.87. The summed E-state index contributed by atoms with van der Waals surface area (Å²) >= 11 is 0. The molecule has 0 aromatic carbocycles. The molecule has 0 saturated carbocycles. The SMILES string of the molecule is Cc1ccoc1C(=O)NCCC(C)C. The zero-order chi connectivity index (χ0) is 10.6. The first-order chi connectivity index (χ1) is 6.61. The highest BCUT2D eigenvalue weighted by Crippen LogP contribution is 2.08. The molecule has 0 spiro atoms. The molecular weight excluding hydrogens is 178 g/mol. The van der Waals surface area contributed by atoms with Gasteiger partial charge in [0.05, 0.1) is 6.26 Å². The lowest BCUT2D eigenvalue weighted by Gasteiger charge is -2.05. The highest BCUT2D eigenvalue weighted by molar-refractivity contribution is 5.92. The lowest BCUT2D eigenvalue weighted by atomic mass is 10.1. The summed E-state index contributed by atoms with van der Waals surface area (Å²) in [6, 6.07) is 1.79. The Balaban J connectivity index is 2.40. The quantitative estimate of drug-likeness (QED) is 0.801. The van der Waals surface area contributed by atoms with Crippen LogP contribution in [0.15, 0.2) is 16.7 Å². The van der Waals surface area contributed by atoms with Crippen molar-refractivity contribution < 1.29 is 9.21 Å². The van der Waals surface area contributed by atoms with Gasteiger partial charge in [-0.2, -0.15) is 0 Å². The van der Waals surface area contributed by atoms with Crippen LogP contribution in [0.3, 0.4) is 0 Å². The Bertz CT molecular complexity index is 302. The van der Waals surface area contributed by atoms with Gasteiger partial charge in [0.25, 0.3) is 5.91 Å². The number of nitrogens with one attached hydrogen (secondary N) is 1. The molecule has 1 rings (SSSR count). The Morgan fingerprint density at radius 1 is 1.57 bits per heavy atom.